The highest BCUT2D eigenvalue weighted by Crippen LogP contribution is 2.22. The Morgan fingerprint density at radius 3 is 2.50 bits per heavy atom. The molecule has 8 heteroatoms. The summed E-state index contributed by atoms with van der Waals surface area (Å²) in [4.78, 5) is 11.3. The summed E-state index contributed by atoms with van der Waals surface area (Å²) in [5.41, 5.74) is -0.945. The first kappa shape index (κ1) is 15.4. The SMILES string of the molecule is COC(=O)C(C)S(=O)(=O)NC1(CO)CCOCC1. The first-order chi connectivity index (χ1) is 8.37. The summed E-state index contributed by atoms with van der Waals surface area (Å²) in [6.45, 7) is 1.66. The van der Waals surface area contributed by atoms with Crippen LogP contribution in [0.15, 0.2) is 0 Å². The number of rotatable bonds is 5. The maximum atomic E-state index is 12.0. The van der Waals surface area contributed by atoms with E-state index < -0.39 is 26.8 Å². The van der Waals surface area contributed by atoms with Crippen LogP contribution in [0, 0.1) is 0 Å². The largest absolute Gasteiger partial charge is 0.468 e. The third-order valence-electron chi connectivity index (χ3n) is 3.11. The molecule has 0 aromatic rings. The topological polar surface area (TPSA) is 102 Å². The van der Waals surface area contributed by atoms with Gasteiger partial charge in [0.25, 0.3) is 0 Å². The lowest BCUT2D eigenvalue weighted by Crippen LogP contribution is -2.57. The molecule has 7 nitrogen and oxygen atoms in total. The zero-order chi connectivity index (χ0) is 13.8. The molecular formula is C10H19NO6S. The molecule has 2 N–H and O–H groups in total. The highest BCUT2D eigenvalue weighted by atomic mass is 32.2. The van der Waals surface area contributed by atoms with E-state index in [1.54, 1.807) is 0 Å². The molecule has 1 rings (SSSR count). The van der Waals surface area contributed by atoms with E-state index in [9.17, 15) is 18.3 Å². The summed E-state index contributed by atoms with van der Waals surface area (Å²) in [5.74, 6) is -0.831. The van der Waals surface area contributed by atoms with Gasteiger partial charge >= 0.3 is 5.97 Å². The Morgan fingerprint density at radius 2 is 2.06 bits per heavy atom. The van der Waals surface area contributed by atoms with Gasteiger partial charge in [-0.15, -0.1) is 0 Å². The molecule has 0 radical (unpaired) electrons. The molecule has 106 valence electrons. The van der Waals surface area contributed by atoms with Crippen molar-refractivity contribution in [2.45, 2.75) is 30.6 Å². The molecule has 1 heterocycles. The molecule has 0 bridgehead atoms. The number of hydrogen-bond acceptors (Lipinski definition) is 6. The van der Waals surface area contributed by atoms with Gasteiger partial charge in [-0.2, -0.15) is 0 Å². The van der Waals surface area contributed by atoms with Crippen LogP contribution in [0.25, 0.3) is 0 Å². The number of aliphatic hydroxyl groups is 1. The van der Waals surface area contributed by atoms with Gasteiger partial charge in [0.2, 0.25) is 10.0 Å². The van der Waals surface area contributed by atoms with Crippen LogP contribution >= 0.6 is 0 Å². The molecule has 1 fully saturated rings. The van der Waals surface area contributed by atoms with E-state index in [4.69, 9.17) is 4.74 Å². The van der Waals surface area contributed by atoms with Gasteiger partial charge < -0.3 is 14.6 Å². The van der Waals surface area contributed by atoms with Crippen molar-refractivity contribution in [2.24, 2.45) is 0 Å². The minimum Gasteiger partial charge on any atom is -0.468 e. The lowest BCUT2D eigenvalue weighted by Gasteiger charge is -2.36. The van der Waals surface area contributed by atoms with Gasteiger partial charge in [0, 0.05) is 13.2 Å². The average molecular weight is 281 g/mol. The third kappa shape index (κ3) is 3.41. The molecule has 0 amide bonds. The highest BCUT2D eigenvalue weighted by Gasteiger charge is 2.40. The molecule has 1 saturated heterocycles. The molecule has 1 aliphatic rings. The Morgan fingerprint density at radius 1 is 1.50 bits per heavy atom. The van der Waals surface area contributed by atoms with Crippen LogP contribution in [0.1, 0.15) is 19.8 Å². The first-order valence-corrected chi connectivity index (χ1v) is 7.21. The van der Waals surface area contributed by atoms with Gasteiger partial charge in [0.15, 0.2) is 5.25 Å². The highest BCUT2D eigenvalue weighted by molar-refractivity contribution is 7.90. The Hall–Kier alpha value is -0.700. The van der Waals surface area contributed by atoms with Gasteiger partial charge in [-0.25, -0.2) is 13.1 Å². The third-order valence-corrected chi connectivity index (χ3v) is 4.95. The summed E-state index contributed by atoms with van der Waals surface area (Å²) in [6, 6.07) is 0. The quantitative estimate of drug-likeness (QED) is 0.627. The summed E-state index contributed by atoms with van der Waals surface area (Å²) >= 11 is 0. The van der Waals surface area contributed by atoms with Gasteiger partial charge in [-0.1, -0.05) is 0 Å². The molecule has 0 spiro atoms. The lowest BCUT2D eigenvalue weighted by molar-refractivity contribution is -0.139. The van der Waals surface area contributed by atoms with Crippen LogP contribution in [0.3, 0.4) is 0 Å². The van der Waals surface area contributed by atoms with Crippen LogP contribution in [0.2, 0.25) is 0 Å². The molecule has 0 aromatic carbocycles. The minimum atomic E-state index is -3.88. The van der Waals surface area contributed by atoms with Crippen molar-refractivity contribution in [3.8, 4) is 0 Å². The maximum Gasteiger partial charge on any atom is 0.325 e. The van der Waals surface area contributed by atoms with Crippen LogP contribution in [-0.2, 0) is 24.3 Å². The number of carbonyl (C=O) groups excluding carboxylic acids is 1. The van der Waals surface area contributed by atoms with E-state index in [1.165, 1.54) is 6.92 Å². The Bertz CT molecular complexity index is 387. The van der Waals surface area contributed by atoms with Gasteiger partial charge in [-0.3, -0.25) is 4.79 Å². The first-order valence-electron chi connectivity index (χ1n) is 5.66. The normalized spacial score (nSPS) is 21.3. The molecule has 18 heavy (non-hydrogen) atoms. The van der Waals surface area contributed by atoms with Gasteiger partial charge in [0.1, 0.15) is 0 Å². The number of carbonyl (C=O) groups is 1. The van der Waals surface area contributed by atoms with E-state index in [0.717, 1.165) is 7.11 Å². The fraction of sp³-hybridized carbons (Fsp3) is 0.900. The predicted octanol–water partition coefficient (Wildman–Crippen LogP) is -0.991. The fourth-order valence-corrected chi connectivity index (χ4v) is 3.14. The van der Waals surface area contributed by atoms with Crippen molar-refractivity contribution < 1.29 is 27.8 Å². The van der Waals surface area contributed by atoms with E-state index >= 15 is 0 Å². The number of aliphatic hydroxyl groups excluding tert-OH is 1. The fourth-order valence-electron chi connectivity index (χ4n) is 1.74. The van der Waals surface area contributed by atoms with Crippen LogP contribution in [0.5, 0.6) is 0 Å². The van der Waals surface area contributed by atoms with Crippen molar-refractivity contribution in [3.63, 3.8) is 0 Å². The van der Waals surface area contributed by atoms with E-state index in [0.29, 0.717) is 26.1 Å². The molecule has 0 saturated carbocycles. The van der Waals surface area contributed by atoms with E-state index in [2.05, 4.69) is 9.46 Å². The van der Waals surface area contributed by atoms with Crippen molar-refractivity contribution >= 4 is 16.0 Å². The van der Waals surface area contributed by atoms with Crippen molar-refractivity contribution in [2.75, 3.05) is 26.9 Å². The van der Waals surface area contributed by atoms with Crippen molar-refractivity contribution in [1.82, 2.24) is 4.72 Å². The van der Waals surface area contributed by atoms with E-state index in [-0.39, 0.29) is 6.61 Å². The molecule has 1 atom stereocenters. The molecular weight excluding hydrogens is 262 g/mol. The number of esters is 1. The number of methoxy groups -OCH3 is 1. The van der Waals surface area contributed by atoms with Crippen molar-refractivity contribution in [1.29, 1.82) is 0 Å². The van der Waals surface area contributed by atoms with Gasteiger partial charge in [0.05, 0.1) is 19.3 Å². The minimum absolute atomic E-state index is 0.330. The van der Waals surface area contributed by atoms with E-state index in [1.807, 2.05) is 0 Å². The lowest BCUT2D eigenvalue weighted by atomic mass is 9.93. The monoisotopic (exact) mass is 281 g/mol. The Balaban J connectivity index is 2.83. The molecule has 0 aliphatic carbocycles. The second-order valence-electron chi connectivity index (χ2n) is 4.36. The number of hydrogen-bond donors (Lipinski definition) is 2. The number of nitrogens with one attached hydrogen (secondary N) is 1. The van der Waals surface area contributed by atoms with Crippen molar-refractivity contribution in [3.05, 3.63) is 0 Å². The Labute approximate surface area is 107 Å². The number of ether oxygens (including phenoxy) is 2. The molecule has 0 aromatic heterocycles. The summed E-state index contributed by atoms with van der Waals surface area (Å²) in [7, 11) is -2.75. The summed E-state index contributed by atoms with van der Waals surface area (Å²) < 4.78 is 36.0. The average Bonchev–Trinajstić information content (AvgIpc) is 2.37. The van der Waals surface area contributed by atoms with Gasteiger partial charge in [-0.05, 0) is 19.8 Å². The summed E-state index contributed by atoms with van der Waals surface area (Å²) in [6.07, 6.45) is 0.743. The van der Waals surface area contributed by atoms with Crippen LogP contribution in [-0.4, -0.2) is 57.2 Å². The Kier molecular flexibility index (Phi) is 5.09. The maximum absolute atomic E-state index is 12.0. The molecule has 1 unspecified atom stereocenters. The second kappa shape index (κ2) is 5.96. The second-order valence-corrected chi connectivity index (χ2v) is 6.36. The van der Waals surface area contributed by atoms with Crippen LogP contribution in [0.4, 0.5) is 0 Å². The summed E-state index contributed by atoms with van der Waals surface area (Å²) in [5, 5.41) is 8.07. The zero-order valence-electron chi connectivity index (χ0n) is 10.5. The van der Waals surface area contributed by atoms with Crippen LogP contribution < -0.4 is 4.72 Å². The standard InChI is InChI=1S/C10H19NO6S/c1-8(9(13)16-2)18(14,15)11-10(7-12)3-5-17-6-4-10/h8,11-12H,3-7H2,1-2H3. The molecule has 1 aliphatic heterocycles. The zero-order valence-corrected chi connectivity index (χ0v) is 11.3. The number of sulfonamides is 1. The smallest absolute Gasteiger partial charge is 0.325 e. The predicted molar refractivity (Wildman–Crippen MR) is 63.4 cm³/mol.